The Morgan fingerprint density at radius 3 is 2.60 bits per heavy atom. The van der Waals surface area contributed by atoms with Crippen LogP contribution >= 0.6 is 0 Å². The maximum atomic E-state index is 13.1. The molecule has 3 fully saturated rings. The fourth-order valence-corrected chi connectivity index (χ4v) is 5.07. The molecule has 2 aromatic heterocycles. The number of rotatable bonds is 5. The van der Waals surface area contributed by atoms with Crippen LogP contribution in [0.2, 0.25) is 0 Å². The van der Waals surface area contributed by atoms with Crippen molar-refractivity contribution in [3.63, 3.8) is 0 Å². The monoisotopic (exact) mass is 410 g/mol. The van der Waals surface area contributed by atoms with Crippen LogP contribution in [0.4, 0.5) is 0 Å². The van der Waals surface area contributed by atoms with Gasteiger partial charge in [0.25, 0.3) is 5.91 Å². The van der Waals surface area contributed by atoms with Crippen molar-refractivity contribution in [2.75, 3.05) is 39.3 Å². The summed E-state index contributed by atoms with van der Waals surface area (Å²) in [4.78, 5) is 20.2. The van der Waals surface area contributed by atoms with Gasteiger partial charge in [-0.2, -0.15) is 0 Å². The van der Waals surface area contributed by atoms with Gasteiger partial charge in [-0.05, 0) is 64.0 Å². The van der Waals surface area contributed by atoms with Gasteiger partial charge in [0.15, 0.2) is 11.5 Å². The maximum Gasteiger partial charge on any atom is 0.255 e. The van der Waals surface area contributed by atoms with Crippen molar-refractivity contribution in [2.24, 2.45) is 5.92 Å². The van der Waals surface area contributed by atoms with E-state index in [1.165, 1.54) is 25.8 Å². The molecule has 0 bridgehead atoms. The lowest BCUT2D eigenvalue weighted by Gasteiger charge is -2.42. The summed E-state index contributed by atoms with van der Waals surface area (Å²) in [7, 11) is 0. The van der Waals surface area contributed by atoms with Crippen molar-refractivity contribution in [3.05, 3.63) is 29.7 Å². The molecule has 1 saturated carbocycles. The summed E-state index contributed by atoms with van der Waals surface area (Å²) in [5, 5.41) is 9.06. The number of piperazine rings is 1. The van der Waals surface area contributed by atoms with Crippen LogP contribution in [0.25, 0.3) is 5.65 Å². The molecular formula is C23H34N6O. The highest BCUT2D eigenvalue weighted by Crippen LogP contribution is 2.33. The molecule has 2 aromatic rings. The smallest absolute Gasteiger partial charge is 0.255 e. The minimum Gasteiger partial charge on any atom is -0.339 e. The first-order valence-electron chi connectivity index (χ1n) is 11.7. The second kappa shape index (κ2) is 8.27. The normalized spacial score (nSPS) is 24.1. The Kier molecular flexibility index (Phi) is 5.50. The van der Waals surface area contributed by atoms with Crippen molar-refractivity contribution in [2.45, 2.75) is 58.0 Å². The van der Waals surface area contributed by atoms with E-state index in [0.29, 0.717) is 6.04 Å². The van der Waals surface area contributed by atoms with E-state index in [4.69, 9.17) is 0 Å². The highest BCUT2D eigenvalue weighted by molar-refractivity contribution is 5.94. The molecule has 0 N–H and O–H groups in total. The summed E-state index contributed by atoms with van der Waals surface area (Å²) in [6.45, 7) is 10.6. The highest BCUT2D eigenvalue weighted by Gasteiger charge is 2.35. The zero-order chi connectivity index (χ0) is 20.7. The molecule has 5 rings (SSSR count). The summed E-state index contributed by atoms with van der Waals surface area (Å²) in [6, 6.07) is 4.50. The number of hydrogen-bond acceptors (Lipinski definition) is 5. The molecule has 3 aliphatic rings. The number of carbonyl (C=O) groups is 1. The zero-order valence-electron chi connectivity index (χ0n) is 18.3. The van der Waals surface area contributed by atoms with E-state index in [9.17, 15) is 4.79 Å². The molecule has 1 aliphatic carbocycles. The van der Waals surface area contributed by atoms with E-state index in [1.54, 1.807) is 0 Å². The predicted octanol–water partition coefficient (Wildman–Crippen LogP) is 2.83. The molecule has 162 valence electrons. The van der Waals surface area contributed by atoms with Gasteiger partial charge in [0, 0.05) is 51.5 Å². The van der Waals surface area contributed by atoms with Crippen LogP contribution in [0, 0.1) is 5.92 Å². The first kappa shape index (κ1) is 19.9. The van der Waals surface area contributed by atoms with E-state index >= 15 is 0 Å². The molecule has 0 spiro atoms. The molecule has 7 heteroatoms. The third-order valence-electron chi connectivity index (χ3n) is 7.00. The number of nitrogens with zero attached hydrogens (tertiary/aromatic N) is 6. The number of amides is 1. The van der Waals surface area contributed by atoms with Gasteiger partial charge in [0.2, 0.25) is 0 Å². The van der Waals surface area contributed by atoms with Gasteiger partial charge >= 0.3 is 0 Å². The quantitative estimate of drug-likeness (QED) is 0.759. The van der Waals surface area contributed by atoms with Crippen LogP contribution in [-0.2, 0) is 0 Å². The standard InChI is InChI=1S/C23H34N6O/c1-17(2)28-13-12-26(14-18-6-7-18)16-20(28)22-25-24-21-9-8-19(15-29(21)22)23(30)27-10-4-3-5-11-27/h8-9,15,17-18,20H,3-7,10-14,16H2,1-2H3/t20-/m0/s1. The van der Waals surface area contributed by atoms with Gasteiger partial charge in [-0.3, -0.25) is 19.0 Å². The van der Waals surface area contributed by atoms with Crippen molar-refractivity contribution in [3.8, 4) is 0 Å². The fourth-order valence-electron chi connectivity index (χ4n) is 5.07. The number of likely N-dealkylation sites (tertiary alicyclic amines) is 1. The number of pyridine rings is 1. The van der Waals surface area contributed by atoms with Crippen LogP contribution in [-0.4, -0.2) is 80.5 Å². The molecule has 2 saturated heterocycles. The molecule has 2 aliphatic heterocycles. The van der Waals surface area contributed by atoms with Gasteiger partial charge < -0.3 is 4.90 Å². The number of carbonyl (C=O) groups excluding carboxylic acids is 1. The Bertz CT molecular complexity index is 898. The van der Waals surface area contributed by atoms with Gasteiger partial charge in [0.05, 0.1) is 11.6 Å². The first-order chi connectivity index (χ1) is 14.6. The topological polar surface area (TPSA) is 57.0 Å². The molecule has 0 aromatic carbocycles. The van der Waals surface area contributed by atoms with Crippen LogP contribution in [0.3, 0.4) is 0 Å². The largest absolute Gasteiger partial charge is 0.339 e. The molecule has 4 heterocycles. The van der Waals surface area contributed by atoms with Gasteiger partial charge in [-0.15, -0.1) is 10.2 Å². The number of piperidine rings is 1. The van der Waals surface area contributed by atoms with Crippen LogP contribution in [0.5, 0.6) is 0 Å². The van der Waals surface area contributed by atoms with Gasteiger partial charge in [0.1, 0.15) is 0 Å². The second-order valence-electron chi connectivity index (χ2n) is 9.61. The summed E-state index contributed by atoms with van der Waals surface area (Å²) in [5.74, 6) is 1.99. The van der Waals surface area contributed by atoms with E-state index in [1.807, 2.05) is 23.2 Å². The predicted molar refractivity (Wildman–Crippen MR) is 116 cm³/mol. The number of fused-ring (bicyclic) bond motifs is 1. The minimum absolute atomic E-state index is 0.135. The number of aromatic nitrogens is 3. The molecule has 7 nitrogen and oxygen atoms in total. The van der Waals surface area contributed by atoms with Crippen molar-refractivity contribution in [1.82, 2.24) is 29.3 Å². The Morgan fingerprint density at radius 2 is 1.87 bits per heavy atom. The summed E-state index contributed by atoms with van der Waals surface area (Å²) >= 11 is 0. The highest BCUT2D eigenvalue weighted by atomic mass is 16.2. The Morgan fingerprint density at radius 1 is 1.07 bits per heavy atom. The van der Waals surface area contributed by atoms with Gasteiger partial charge in [-0.25, -0.2) is 0 Å². The zero-order valence-corrected chi connectivity index (χ0v) is 18.3. The lowest BCUT2D eigenvalue weighted by Crippen LogP contribution is -2.51. The van der Waals surface area contributed by atoms with Crippen molar-refractivity contribution < 1.29 is 4.79 Å². The second-order valence-corrected chi connectivity index (χ2v) is 9.61. The molecule has 30 heavy (non-hydrogen) atoms. The Hall–Kier alpha value is -1.99. The molecule has 1 atom stereocenters. The van der Waals surface area contributed by atoms with Crippen molar-refractivity contribution >= 4 is 11.6 Å². The summed E-state index contributed by atoms with van der Waals surface area (Å²) < 4.78 is 2.07. The third kappa shape index (κ3) is 3.97. The van der Waals surface area contributed by atoms with E-state index in [-0.39, 0.29) is 11.9 Å². The SMILES string of the molecule is CC(C)N1CCN(CC2CC2)C[C@H]1c1nnc2ccc(C(=O)N3CCCCC3)cn12. The van der Waals surface area contributed by atoms with E-state index < -0.39 is 0 Å². The fraction of sp³-hybridized carbons (Fsp3) is 0.696. The summed E-state index contributed by atoms with van der Waals surface area (Å²) in [5.41, 5.74) is 1.57. The van der Waals surface area contributed by atoms with Crippen molar-refractivity contribution in [1.29, 1.82) is 0 Å². The Labute approximate surface area is 179 Å². The molecule has 0 unspecified atom stereocenters. The summed E-state index contributed by atoms with van der Waals surface area (Å²) in [6.07, 6.45) is 8.17. The van der Waals surface area contributed by atoms with Crippen LogP contribution in [0.15, 0.2) is 18.3 Å². The lowest BCUT2D eigenvalue weighted by atomic mass is 10.1. The average Bonchev–Trinajstić information content (AvgIpc) is 3.48. The van der Waals surface area contributed by atoms with Gasteiger partial charge in [-0.1, -0.05) is 0 Å². The minimum atomic E-state index is 0.135. The molecular weight excluding hydrogens is 376 g/mol. The third-order valence-corrected chi connectivity index (χ3v) is 7.00. The maximum absolute atomic E-state index is 13.1. The Balaban J connectivity index is 1.44. The van der Waals surface area contributed by atoms with Crippen LogP contribution < -0.4 is 0 Å². The van der Waals surface area contributed by atoms with E-state index in [0.717, 1.165) is 68.5 Å². The molecule has 0 radical (unpaired) electrons. The lowest BCUT2D eigenvalue weighted by molar-refractivity contribution is 0.0437. The first-order valence-corrected chi connectivity index (χ1v) is 11.7. The van der Waals surface area contributed by atoms with E-state index in [2.05, 4.69) is 38.2 Å². The average molecular weight is 411 g/mol. The van der Waals surface area contributed by atoms with Crippen LogP contribution in [0.1, 0.15) is 68.2 Å². The molecule has 1 amide bonds. The number of hydrogen-bond donors (Lipinski definition) is 0.